The molecule has 4 rings (SSSR count). The fourth-order valence-electron chi connectivity index (χ4n) is 11.3. The van der Waals surface area contributed by atoms with Crippen LogP contribution in [0.25, 0.3) is 0 Å². The largest absolute Gasteiger partial charge is 0.481 e. The molecule has 2 aliphatic rings. The summed E-state index contributed by atoms with van der Waals surface area (Å²) in [6.07, 6.45) is 2.31. The summed E-state index contributed by atoms with van der Waals surface area (Å²) in [5, 5.41) is 42.3. The van der Waals surface area contributed by atoms with Gasteiger partial charge in [-0.3, -0.25) is 67.3 Å². The first-order valence-corrected chi connectivity index (χ1v) is 33.4. The number of carbonyl (C=O) groups excluding carboxylic acids is 12. The number of nitrogens with two attached hydrogens (primary N) is 6. The molecule has 33 nitrogen and oxygen atoms in total. The number of primary amides is 1. The zero-order chi connectivity index (χ0) is 72.4. The maximum absolute atomic E-state index is 14.5. The van der Waals surface area contributed by atoms with Crippen LogP contribution in [0, 0.1) is 5.92 Å². The van der Waals surface area contributed by atoms with Gasteiger partial charge in [0.1, 0.15) is 66.5 Å². The lowest BCUT2D eigenvalue weighted by Crippen LogP contribution is -2.59. The minimum Gasteiger partial charge on any atom is -0.481 e. The summed E-state index contributed by atoms with van der Waals surface area (Å²) in [6.45, 7) is 4.43. The van der Waals surface area contributed by atoms with E-state index in [1.807, 2.05) is 13.8 Å². The van der Waals surface area contributed by atoms with Gasteiger partial charge in [-0.1, -0.05) is 74.5 Å². The number of carbonyl (C=O) groups is 13. The van der Waals surface area contributed by atoms with Gasteiger partial charge in [0.15, 0.2) is 5.96 Å². The minimum atomic E-state index is -1.46. The lowest BCUT2D eigenvalue weighted by Gasteiger charge is -2.33. The van der Waals surface area contributed by atoms with E-state index in [2.05, 4.69) is 52.8 Å². The van der Waals surface area contributed by atoms with Crippen molar-refractivity contribution in [2.75, 3.05) is 45.9 Å². The van der Waals surface area contributed by atoms with Crippen LogP contribution in [-0.2, 0) is 75.2 Å². The number of aliphatic hydroxyl groups excluding tert-OH is 1. The van der Waals surface area contributed by atoms with E-state index in [1.54, 1.807) is 60.7 Å². The smallest absolute Gasteiger partial charge is 0.303 e. The highest BCUT2D eigenvalue weighted by atomic mass is 16.4. The number of guanidine groups is 1. The summed E-state index contributed by atoms with van der Waals surface area (Å²) in [6, 6.07) is 3.31. The molecule has 23 N–H and O–H groups in total. The quantitative estimate of drug-likeness (QED) is 0.0169. The van der Waals surface area contributed by atoms with Gasteiger partial charge in [-0.05, 0) is 127 Å². The zero-order valence-corrected chi connectivity index (χ0v) is 56.2. The number of aliphatic imine (C=N–C) groups is 1. The van der Waals surface area contributed by atoms with Crippen LogP contribution < -0.4 is 82.3 Å². The molecule has 2 saturated heterocycles. The molecule has 542 valence electrons. The van der Waals surface area contributed by atoms with Gasteiger partial charge >= 0.3 is 5.97 Å². The molecule has 2 fully saturated rings. The minimum absolute atomic E-state index is 0.0237. The standard InChI is InChI=1S/C65H102N18O15/c1-38(2)33-47(54(69)88)80-59(93)43(21-10-12-28-66)77-58(92)44(23-14-30-72-65(70)71)78-61(95)49(35-41-19-8-5-9-20-41)75-52(85)36-73-57(91)48(34-40-17-6-4-7-18-40)81-55(89)39(3)74-62(96)50-24-15-31-82(50)64(98)51-25-16-32-83(51)63(97)46(22-11-13-29-67)79-60(94)45(26-27-53(86)87)76-56(90)42(68)37-84/h4-9,17-20,38-39,42-51,84H,10-16,21-37,66-68H2,1-3H3,(H2,69,88)(H,73,91)(H,74,96)(H,75,85)(H,76,90)(H,77,92)(H,78,95)(H,79,94)(H,80,93)(H,81,89)(H,86,87)(H4,70,71,72)/t39-,42-,43-,44-,45-,46-,47-,48-,49-,50-,51-/m0/s1. The second-order valence-electron chi connectivity index (χ2n) is 25.0. The molecule has 0 radical (unpaired) electrons. The summed E-state index contributed by atoms with van der Waals surface area (Å²) in [5.41, 5.74) is 35.1. The number of nitrogens with one attached hydrogen (secondary N) is 9. The third kappa shape index (κ3) is 27.6. The molecule has 11 atom stereocenters. The number of carboxylic acid groups (broad SMARTS) is 1. The van der Waals surface area contributed by atoms with Crippen LogP contribution in [0.2, 0.25) is 0 Å². The van der Waals surface area contributed by atoms with Crippen molar-refractivity contribution in [3.05, 3.63) is 71.8 Å². The van der Waals surface area contributed by atoms with Crippen molar-refractivity contribution < 1.29 is 72.5 Å². The number of amides is 12. The van der Waals surface area contributed by atoms with Crippen molar-refractivity contribution in [2.24, 2.45) is 45.3 Å². The highest BCUT2D eigenvalue weighted by Crippen LogP contribution is 2.27. The van der Waals surface area contributed by atoms with Crippen LogP contribution in [0.5, 0.6) is 0 Å². The second kappa shape index (κ2) is 42.4. The number of benzene rings is 2. The Morgan fingerprint density at radius 2 is 1.01 bits per heavy atom. The Bertz CT molecular complexity index is 3030. The Balaban J connectivity index is 1.50. The number of hydrogen-bond acceptors (Lipinski definition) is 18. The molecule has 0 aromatic heterocycles. The molecule has 0 bridgehead atoms. The summed E-state index contributed by atoms with van der Waals surface area (Å²) < 4.78 is 0. The van der Waals surface area contributed by atoms with Gasteiger partial charge in [0.2, 0.25) is 70.9 Å². The SMILES string of the molecule is CC(C)C[C@H](NC(=O)[C@H](CCCCN)NC(=O)[C@H](CCCN=C(N)N)NC(=O)[C@H](Cc1ccccc1)NC(=O)CNC(=O)[C@H](Cc1ccccc1)NC(=O)[C@H](C)NC(=O)[C@@H]1CCCN1C(=O)[C@@H]1CCCN1C(=O)[C@H](CCCCN)NC(=O)[C@H](CCC(=O)O)NC(=O)[C@@H](N)CO)C(N)=O. The Morgan fingerprint density at radius 1 is 0.541 bits per heavy atom. The number of hydrogen-bond donors (Lipinski definition) is 17. The number of rotatable bonds is 43. The average molecular weight is 1380 g/mol. The van der Waals surface area contributed by atoms with Crippen molar-refractivity contribution in [2.45, 2.75) is 196 Å². The van der Waals surface area contributed by atoms with Crippen molar-refractivity contribution in [1.29, 1.82) is 0 Å². The number of likely N-dealkylation sites (tertiary alicyclic amines) is 2. The zero-order valence-electron chi connectivity index (χ0n) is 56.2. The van der Waals surface area contributed by atoms with Gasteiger partial charge in [0.05, 0.1) is 13.2 Å². The van der Waals surface area contributed by atoms with E-state index in [9.17, 15) is 72.5 Å². The average Bonchev–Trinajstić information content (AvgIpc) is 1.63. The van der Waals surface area contributed by atoms with Crippen LogP contribution >= 0.6 is 0 Å². The Labute approximate surface area is 570 Å². The highest BCUT2D eigenvalue weighted by Gasteiger charge is 2.45. The molecule has 0 saturated carbocycles. The van der Waals surface area contributed by atoms with Crippen LogP contribution in [0.1, 0.15) is 128 Å². The molecule has 98 heavy (non-hydrogen) atoms. The fraction of sp³-hybridized carbons (Fsp3) is 0.600. The van der Waals surface area contributed by atoms with Gasteiger partial charge in [0, 0.05) is 38.9 Å². The van der Waals surface area contributed by atoms with Crippen LogP contribution in [0.4, 0.5) is 0 Å². The number of unbranched alkanes of at least 4 members (excludes halogenated alkanes) is 2. The van der Waals surface area contributed by atoms with Gasteiger partial charge in [-0.25, -0.2) is 0 Å². The molecule has 2 aromatic carbocycles. The molecule has 2 aliphatic heterocycles. The second-order valence-corrected chi connectivity index (χ2v) is 25.0. The number of carboxylic acids is 1. The molecule has 2 aromatic rings. The molecule has 0 unspecified atom stereocenters. The first-order valence-electron chi connectivity index (χ1n) is 33.4. The van der Waals surface area contributed by atoms with Crippen LogP contribution in [0.15, 0.2) is 65.7 Å². The number of aliphatic carboxylic acids is 1. The van der Waals surface area contributed by atoms with Gasteiger partial charge in [-0.15, -0.1) is 0 Å². The molecule has 0 spiro atoms. The molecule has 0 aliphatic carbocycles. The maximum Gasteiger partial charge on any atom is 0.303 e. The summed E-state index contributed by atoms with van der Waals surface area (Å²) in [4.78, 5) is 185. The number of nitrogens with zero attached hydrogens (tertiary/aromatic N) is 3. The Kier molecular flexibility index (Phi) is 35.1. The summed E-state index contributed by atoms with van der Waals surface area (Å²) in [7, 11) is 0. The molecule has 12 amide bonds. The predicted molar refractivity (Wildman–Crippen MR) is 360 cm³/mol. The van der Waals surface area contributed by atoms with Gasteiger partial charge in [-0.2, -0.15) is 0 Å². The third-order valence-corrected chi connectivity index (χ3v) is 16.6. The predicted octanol–water partition coefficient (Wildman–Crippen LogP) is -4.50. The summed E-state index contributed by atoms with van der Waals surface area (Å²) in [5.74, 6) is -10.8. The Morgan fingerprint density at radius 3 is 1.53 bits per heavy atom. The maximum atomic E-state index is 14.5. The van der Waals surface area contributed by atoms with Crippen molar-refractivity contribution in [3.63, 3.8) is 0 Å². The highest BCUT2D eigenvalue weighted by molar-refractivity contribution is 5.99. The van der Waals surface area contributed by atoms with Gasteiger partial charge < -0.3 is 102 Å². The third-order valence-electron chi connectivity index (χ3n) is 16.6. The van der Waals surface area contributed by atoms with E-state index in [0.717, 1.165) is 0 Å². The van der Waals surface area contributed by atoms with Crippen LogP contribution in [0.3, 0.4) is 0 Å². The molecule has 33 heteroatoms. The van der Waals surface area contributed by atoms with E-state index < -0.39 is 163 Å². The fourth-order valence-corrected chi connectivity index (χ4v) is 11.3. The van der Waals surface area contributed by atoms with Gasteiger partial charge in [0.25, 0.3) is 0 Å². The van der Waals surface area contributed by atoms with E-state index >= 15 is 0 Å². The number of aliphatic hydroxyl groups is 1. The lowest BCUT2D eigenvalue weighted by molar-refractivity contribution is -0.148. The van der Waals surface area contributed by atoms with E-state index in [-0.39, 0.29) is 102 Å². The Hall–Kier alpha value is -9.34. The van der Waals surface area contributed by atoms with E-state index in [4.69, 9.17) is 34.4 Å². The normalized spacial score (nSPS) is 17.0. The topological polar surface area (TPSA) is 546 Å². The molecule has 2 heterocycles. The first kappa shape index (κ1) is 81.1. The lowest BCUT2D eigenvalue weighted by atomic mass is 10.0. The van der Waals surface area contributed by atoms with Crippen molar-refractivity contribution >= 4 is 82.8 Å². The van der Waals surface area contributed by atoms with Crippen LogP contribution in [-0.4, -0.2) is 215 Å². The molecular formula is C65H102N18O15. The van der Waals surface area contributed by atoms with E-state index in [1.165, 1.54) is 16.7 Å². The molecular weight excluding hydrogens is 1270 g/mol. The monoisotopic (exact) mass is 1370 g/mol. The first-order chi connectivity index (χ1) is 46.7. The van der Waals surface area contributed by atoms with E-state index in [0.29, 0.717) is 56.2 Å². The van der Waals surface area contributed by atoms with Crippen molar-refractivity contribution in [3.8, 4) is 0 Å². The summed E-state index contributed by atoms with van der Waals surface area (Å²) >= 11 is 0. The van der Waals surface area contributed by atoms with Crippen molar-refractivity contribution in [1.82, 2.24) is 57.7 Å².